The summed E-state index contributed by atoms with van der Waals surface area (Å²) >= 11 is 6.60. The highest BCUT2D eigenvalue weighted by Gasteiger charge is 2.25. The van der Waals surface area contributed by atoms with Crippen LogP contribution >= 0.6 is 11.6 Å². The monoisotopic (exact) mass is 424 g/mol. The smallest absolute Gasteiger partial charge is 0.341 e. The summed E-state index contributed by atoms with van der Waals surface area (Å²) in [5, 5.41) is 13.7. The van der Waals surface area contributed by atoms with E-state index in [9.17, 15) is 14.7 Å². The molecule has 0 bridgehead atoms. The lowest BCUT2D eigenvalue weighted by atomic mass is 10.0. The van der Waals surface area contributed by atoms with E-state index in [0.717, 1.165) is 48.4 Å². The molecule has 0 aliphatic carbocycles. The Kier molecular flexibility index (Phi) is 4.72. The van der Waals surface area contributed by atoms with E-state index in [1.807, 2.05) is 16.7 Å². The van der Waals surface area contributed by atoms with Crippen molar-refractivity contribution in [2.24, 2.45) is 0 Å². The van der Waals surface area contributed by atoms with Gasteiger partial charge in [-0.1, -0.05) is 17.7 Å². The molecular weight excluding hydrogens is 404 g/mol. The van der Waals surface area contributed by atoms with E-state index in [1.165, 1.54) is 6.20 Å². The van der Waals surface area contributed by atoms with Gasteiger partial charge in [-0.3, -0.25) is 9.78 Å². The Bertz CT molecular complexity index is 1190. The first-order chi connectivity index (χ1) is 14.5. The van der Waals surface area contributed by atoms with Gasteiger partial charge < -0.3 is 19.9 Å². The molecule has 154 valence electrons. The Labute approximate surface area is 177 Å². The van der Waals surface area contributed by atoms with Gasteiger partial charge >= 0.3 is 5.97 Å². The first kappa shape index (κ1) is 19.1. The van der Waals surface area contributed by atoms with Crippen molar-refractivity contribution in [3.05, 3.63) is 68.7 Å². The lowest BCUT2D eigenvalue weighted by Crippen LogP contribution is -2.31. The molecule has 0 amide bonds. The van der Waals surface area contributed by atoms with E-state index in [-0.39, 0.29) is 11.6 Å². The molecule has 2 aliphatic heterocycles. The zero-order chi connectivity index (χ0) is 20.8. The standard InChI is InChI=1S/C22H21ClN4O3/c23-17-8-15-19(9-20(17)26-10-13-2-1-5-25-18(13)12-26)27(14-3-6-24-7-4-14)11-16(21(15)28)22(29)30/h1-2,5,8-9,11,14,24H,3-4,6-7,10,12H2,(H,29,30). The predicted molar refractivity (Wildman–Crippen MR) is 115 cm³/mol. The molecule has 0 atom stereocenters. The Morgan fingerprint density at radius 2 is 2.03 bits per heavy atom. The van der Waals surface area contributed by atoms with Crippen LogP contribution in [0, 0.1) is 0 Å². The number of nitrogens with one attached hydrogen (secondary N) is 1. The number of benzene rings is 1. The van der Waals surface area contributed by atoms with Crippen molar-refractivity contribution >= 4 is 34.2 Å². The van der Waals surface area contributed by atoms with Gasteiger partial charge in [-0.05, 0) is 49.7 Å². The number of aromatic nitrogens is 2. The summed E-state index contributed by atoms with van der Waals surface area (Å²) in [6.45, 7) is 3.05. The minimum Gasteiger partial charge on any atom is -0.477 e. The zero-order valence-electron chi connectivity index (χ0n) is 16.3. The molecule has 30 heavy (non-hydrogen) atoms. The van der Waals surface area contributed by atoms with Crippen LogP contribution in [-0.4, -0.2) is 33.7 Å². The van der Waals surface area contributed by atoms with Crippen LogP contribution in [0.25, 0.3) is 10.9 Å². The van der Waals surface area contributed by atoms with Crippen LogP contribution in [0.2, 0.25) is 5.02 Å². The first-order valence-electron chi connectivity index (χ1n) is 10.0. The number of hydrogen-bond donors (Lipinski definition) is 2. The minimum atomic E-state index is -1.22. The molecule has 2 aromatic heterocycles. The second-order valence-electron chi connectivity index (χ2n) is 7.85. The Morgan fingerprint density at radius 1 is 1.23 bits per heavy atom. The number of piperidine rings is 1. The maximum Gasteiger partial charge on any atom is 0.341 e. The highest BCUT2D eigenvalue weighted by Crippen LogP contribution is 2.36. The Balaban J connectivity index is 1.68. The maximum atomic E-state index is 12.9. The molecule has 1 saturated heterocycles. The van der Waals surface area contributed by atoms with Crippen molar-refractivity contribution < 1.29 is 9.90 Å². The van der Waals surface area contributed by atoms with Crippen LogP contribution in [0.15, 0.2) is 41.5 Å². The molecule has 2 aliphatic rings. The van der Waals surface area contributed by atoms with E-state index in [0.29, 0.717) is 23.5 Å². The van der Waals surface area contributed by atoms with E-state index in [2.05, 4.69) is 21.3 Å². The lowest BCUT2D eigenvalue weighted by molar-refractivity contribution is 0.0694. The summed E-state index contributed by atoms with van der Waals surface area (Å²) in [6, 6.07) is 7.65. The average Bonchev–Trinajstić information content (AvgIpc) is 3.18. The molecule has 5 rings (SSSR count). The molecule has 0 unspecified atom stereocenters. The van der Waals surface area contributed by atoms with Crippen molar-refractivity contribution in [3.63, 3.8) is 0 Å². The number of fused-ring (bicyclic) bond motifs is 2. The number of aromatic carboxylic acids is 1. The van der Waals surface area contributed by atoms with Gasteiger partial charge in [0.15, 0.2) is 0 Å². The Morgan fingerprint density at radius 3 is 2.77 bits per heavy atom. The van der Waals surface area contributed by atoms with E-state index in [4.69, 9.17) is 11.6 Å². The number of hydrogen-bond acceptors (Lipinski definition) is 5. The first-order valence-corrected chi connectivity index (χ1v) is 10.4. The predicted octanol–water partition coefficient (Wildman–Crippen LogP) is 3.19. The number of halogens is 1. The van der Waals surface area contributed by atoms with Crippen LogP contribution in [0.4, 0.5) is 5.69 Å². The lowest BCUT2D eigenvalue weighted by Gasteiger charge is -2.28. The fourth-order valence-corrected chi connectivity index (χ4v) is 4.79. The van der Waals surface area contributed by atoms with Crippen molar-refractivity contribution in [2.45, 2.75) is 32.0 Å². The van der Waals surface area contributed by atoms with Gasteiger partial charge in [0.1, 0.15) is 5.56 Å². The summed E-state index contributed by atoms with van der Waals surface area (Å²) in [6.07, 6.45) is 5.02. The number of nitrogens with zero attached hydrogens (tertiary/aromatic N) is 3. The summed E-state index contributed by atoms with van der Waals surface area (Å²) in [4.78, 5) is 31.2. The van der Waals surface area contributed by atoms with Gasteiger partial charge in [-0.15, -0.1) is 0 Å². The van der Waals surface area contributed by atoms with Gasteiger partial charge in [0.05, 0.1) is 28.5 Å². The largest absolute Gasteiger partial charge is 0.477 e. The fraction of sp³-hybridized carbons (Fsp3) is 0.318. The SMILES string of the molecule is O=C(O)c1cn(C2CCNCC2)c2cc(N3Cc4cccnc4C3)c(Cl)cc2c1=O. The minimum absolute atomic E-state index is 0.124. The molecule has 0 spiro atoms. The number of rotatable bonds is 3. The number of carbonyl (C=O) groups is 1. The summed E-state index contributed by atoms with van der Waals surface area (Å²) in [5.74, 6) is -1.22. The summed E-state index contributed by atoms with van der Waals surface area (Å²) < 4.78 is 1.96. The van der Waals surface area contributed by atoms with E-state index < -0.39 is 11.4 Å². The second-order valence-corrected chi connectivity index (χ2v) is 8.26. The van der Waals surface area contributed by atoms with Crippen LogP contribution < -0.4 is 15.6 Å². The van der Waals surface area contributed by atoms with Gasteiger partial charge in [-0.2, -0.15) is 0 Å². The maximum absolute atomic E-state index is 12.9. The Hall–Kier alpha value is -2.90. The number of anilines is 1. The average molecular weight is 425 g/mol. The highest BCUT2D eigenvalue weighted by atomic mass is 35.5. The number of pyridine rings is 2. The molecule has 3 aromatic rings. The van der Waals surface area contributed by atoms with Crippen molar-refractivity contribution in [2.75, 3.05) is 18.0 Å². The van der Waals surface area contributed by atoms with Crippen LogP contribution in [0.3, 0.4) is 0 Å². The van der Waals surface area contributed by atoms with E-state index >= 15 is 0 Å². The van der Waals surface area contributed by atoms with Gasteiger partial charge in [0.25, 0.3) is 0 Å². The molecule has 7 nitrogen and oxygen atoms in total. The van der Waals surface area contributed by atoms with Crippen molar-refractivity contribution in [1.29, 1.82) is 0 Å². The number of carboxylic acid groups (broad SMARTS) is 1. The normalized spacial score (nSPS) is 16.8. The van der Waals surface area contributed by atoms with Crippen molar-refractivity contribution in [3.8, 4) is 0 Å². The highest BCUT2D eigenvalue weighted by molar-refractivity contribution is 6.34. The summed E-state index contributed by atoms with van der Waals surface area (Å²) in [7, 11) is 0. The molecular formula is C22H21ClN4O3. The fourth-order valence-electron chi connectivity index (χ4n) is 4.51. The molecule has 1 aromatic carbocycles. The third kappa shape index (κ3) is 3.14. The summed E-state index contributed by atoms with van der Waals surface area (Å²) in [5.41, 5.74) is 3.01. The van der Waals surface area contributed by atoms with Crippen LogP contribution in [0.1, 0.15) is 40.5 Å². The van der Waals surface area contributed by atoms with Crippen LogP contribution in [0.5, 0.6) is 0 Å². The number of carboxylic acids is 1. The molecule has 4 heterocycles. The zero-order valence-corrected chi connectivity index (χ0v) is 17.0. The quantitative estimate of drug-likeness (QED) is 0.671. The molecule has 8 heteroatoms. The van der Waals surface area contributed by atoms with E-state index in [1.54, 1.807) is 12.3 Å². The third-order valence-electron chi connectivity index (χ3n) is 6.06. The molecule has 1 fully saturated rings. The van der Waals surface area contributed by atoms with Crippen molar-refractivity contribution in [1.82, 2.24) is 14.9 Å². The topological polar surface area (TPSA) is 87.5 Å². The third-order valence-corrected chi connectivity index (χ3v) is 6.36. The van der Waals surface area contributed by atoms with Gasteiger partial charge in [0.2, 0.25) is 5.43 Å². The molecule has 0 radical (unpaired) electrons. The second kappa shape index (κ2) is 7.41. The molecule has 0 saturated carbocycles. The van der Waals surface area contributed by atoms with Gasteiger partial charge in [-0.25, -0.2) is 4.79 Å². The van der Waals surface area contributed by atoms with Gasteiger partial charge in [0, 0.05) is 30.4 Å². The van der Waals surface area contributed by atoms with Crippen LogP contribution in [-0.2, 0) is 13.1 Å². The molecule has 2 N–H and O–H groups in total.